The second kappa shape index (κ2) is 6.71. The van der Waals surface area contributed by atoms with Gasteiger partial charge in [-0.25, -0.2) is 0 Å². The van der Waals surface area contributed by atoms with Gasteiger partial charge in [-0.2, -0.15) is 8.42 Å². The zero-order valence-corrected chi connectivity index (χ0v) is 15.7. The van der Waals surface area contributed by atoms with Crippen LogP contribution in [0.1, 0.15) is 36.5 Å². The summed E-state index contributed by atoms with van der Waals surface area (Å²) in [6.07, 6.45) is 0. The van der Waals surface area contributed by atoms with Gasteiger partial charge in [-0.3, -0.25) is 0 Å². The Labute approximate surface area is 147 Å². The highest BCUT2D eigenvalue weighted by Crippen LogP contribution is 2.31. The molecule has 0 radical (unpaired) electrons. The van der Waals surface area contributed by atoms with E-state index in [0.29, 0.717) is 16.5 Å². The average Bonchev–Trinajstić information content (AvgIpc) is 2.41. The smallest absolute Gasteiger partial charge is 0.339 e. The molecule has 0 saturated heterocycles. The van der Waals surface area contributed by atoms with Crippen LogP contribution < -0.4 is 4.18 Å². The van der Waals surface area contributed by atoms with E-state index in [-0.39, 0.29) is 15.7 Å². The topological polar surface area (TPSA) is 43.4 Å². The number of halogens is 2. The maximum atomic E-state index is 12.5. The maximum Gasteiger partial charge on any atom is 0.339 e. The van der Waals surface area contributed by atoms with Crippen LogP contribution in [0.25, 0.3) is 0 Å². The summed E-state index contributed by atoms with van der Waals surface area (Å²) in [6, 6.07) is 8.08. The summed E-state index contributed by atoms with van der Waals surface area (Å²) in [4.78, 5) is 0.0116. The lowest BCUT2D eigenvalue weighted by Crippen LogP contribution is -2.11. The molecule has 124 valence electrons. The highest BCUT2D eigenvalue weighted by atomic mass is 35.5. The van der Waals surface area contributed by atoms with Crippen LogP contribution >= 0.6 is 23.2 Å². The fraction of sp³-hybridized carbons (Fsp3) is 0.294. The molecule has 2 aromatic carbocycles. The predicted molar refractivity (Wildman–Crippen MR) is 94.3 cm³/mol. The number of rotatable bonds is 4. The van der Waals surface area contributed by atoms with Crippen LogP contribution in [0, 0.1) is 13.8 Å². The van der Waals surface area contributed by atoms with Crippen molar-refractivity contribution in [3.63, 3.8) is 0 Å². The summed E-state index contributed by atoms with van der Waals surface area (Å²) in [5.74, 6) is 0.635. The van der Waals surface area contributed by atoms with Crippen molar-refractivity contribution in [2.75, 3.05) is 0 Å². The Morgan fingerprint density at radius 1 is 0.957 bits per heavy atom. The first-order valence-corrected chi connectivity index (χ1v) is 9.29. The quantitative estimate of drug-likeness (QED) is 0.665. The molecule has 0 saturated carbocycles. The van der Waals surface area contributed by atoms with Crippen LogP contribution in [0.2, 0.25) is 10.0 Å². The Morgan fingerprint density at radius 2 is 1.57 bits per heavy atom. The van der Waals surface area contributed by atoms with Crippen molar-refractivity contribution in [1.29, 1.82) is 0 Å². The molecule has 0 N–H and O–H groups in total. The highest BCUT2D eigenvalue weighted by Gasteiger charge is 2.21. The molecule has 0 amide bonds. The molecule has 2 aromatic rings. The van der Waals surface area contributed by atoms with Crippen LogP contribution in [0.4, 0.5) is 0 Å². The van der Waals surface area contributed by atoms with E-state index in [1.165, 1.54) is 12.1 Å². The Hall–Kier alpha value is -1.23. The molecule has 6 heteroatoms. The summed E-state index contributed by atoms with van der Waals surface area (Å²) in [5, 5.41) is 0.478. The molecule has 0 unspecified atom stereocenters. The number of hydrogen-bond donors (Lipinski definition) is 0. The maximum absolute atomic E-state index is 12.5. The second-order valence-corrected chi connectivity index (χ2v) is 8.07. The van der Waals surface area contributed by atoms with Crippen LogP contribution in [-0.4, -0.2) is 8.42 Å². The monoisotopic (exact) mass is 372 g/mol. The van der Waals surface area contributed by atoms with Gasteiger partial charge < -0.3 is 4.18 Å². The van der Waals surface area contributed by atoms with Gasteiger partial charge in [0.15, 0.2) is 0 Å². The number of aryl methyl sites for hydroxylation is 2. The third-order valence-corrected chi connectivity index (χ3v) is 5.67. The molecule has 0 aromatic heterocycles. The van der Waals surface area contributed by atoms with Crippen molar-refractivity contribution in [3.8, 4) is 5.75 Å². The minimum absolute atomic E-state index is 0.0116. The fourth-order valence-corrected chi connectivity index (χ4v) is 4.03. The molecular formula is C17H18Cl2O3S. The lowest BCUT2D eigenvalue weighted by molar-refractivity contribution is 0.485. The normalized spacial score (nSPS) is 11.8. The zero-order valence-electron chi connectivity index (χ0n) is 13.4. The van der Waals surface area contributed by atoms with Gasteiger partial charge in [0.25, 0.3) is 0 Å². The van der Waals surface area contributed by atoms with Crippen molar-refractivity contribution in [1.82, 2.24) is 0 Å². The van der Waals surface area contributed by atoms with Crippen LogP contribution in [0.3, 0.4) is 0 Å². The molecule has 0 aliphatic heterocycles. The van der Waals surface area contributed by atoms with E-state index in [2.05, 4.69) is 13.8 Å². The molecule has 3 nitrogen and oxygen atoms in total. The van der Waals surface area contributed by atoms with E-state index in [4.69, 9.17) is 27.4 Å². The van der Waals surface area contributed by atoms with Gasteiger partial charge in [-0.15, -0.1) is 0 Å². The minimum atomic E-state index is -3.98. The summed E-state index contributed by atoms with van der Waals surface area (Å²) in [5.41, 5.74) is 2.62. The van der Waals surface area contributed by atoms with Crippen molar-refractivity contribution in [2.24, 2.45) is 0 Å². The molecule has 0 bridgehead atoms. The van der Waals surface area contributed by atoms with Crippen LogP contribution in [0.15, 0.2) is 35.2 Å². The molecule has 0 aliphatic carbocycles. The lowest BCUT2D eigenvalue weighted by atomic mass is 9.98. The molecular weight excluding hydrogens is 355 g/mol. The van der Waals surface area contributed by atoms with Gasteiger partial charge >= 0.3 is 10.1 Å². The molecule has 23 heavy (non-hydrogen) atoms. The molecule has 0 atom stereocenters. The summed E-state index contributed by atoms with van der Waals surface area (Å²) >= 11 is 11.8. The highest BCUT2D eigenvalue weighted by molar-refractivity contribution is 7.87. The fourth-order valence-electron chi connectivity index (χ4n) is 2.42. The third-order valence-electron chi connectivity index (χ3n) is 3.56. The lowest BCUT2D eigenvalue weighted by Gasteiger charge is -2.13. The van der Waals surface area contributed by atoms with Crippen LogP contribution in [-0.2, 0) is 10.1 Å². The van der Waals surface area contributed by atoms with E-state index >= 15 is 0 Å². The molecule has 0 spiro atoms. The number of hydrogen-bond acceptors (Lipinski definition) is 3. The van der Waals surface area contributed by atoms with Gasteiger partial charge in [-0.1, -0.05) is 43.1 Å². The standard InChI is InChI=1S/C17H18Cl2O3S/c1-10(2)14-6-5-13(7-11(14)3)22-23(20,21)17-9-16(19)15(18)8-12(17)4/h5-10H,1-4H3. The van der Waals surface area contributed by atoms with E-state index < -0.39 is 10.1 Å². The largest absolute Gasteiger partial charge is 0.379 e. The van der Waals surface area contributed by atoms with E-state index in [1.807, 2.05) is 13.0 Å². The van der Waals surface area contributed by atoms with Crippen molar-refractivity contribution in [2.45, 2.75) is 38.5 Å². The first-order chi connectivity index (χ1) is 10.6. The Morgan fingerprint density at radius 3 is 2.13 bits per heavy atom. The zero-order chi connectivity index (χ0) is 17.4. The summed E-state index contributed by atoms with van der Waals surface area (Å²) < 4.78 is 30.2. The van der Waals surface area contributed by atoms with E-state index in [1.54, 1.807) is 19.1 Å². The first kappa shape index (κ1) is 18.1. The van der Waals surface area contributed by atoms with Gasteiger partial charge in [0.05, 0.1) is 10.0 Å². The second-order valence-electron chi connectivity index (χ2n) is 5.74. The third kappa shape index (κ3) is 4.00. The average molecular weight is 373 g/mol. The van der Waals surface area contributed by atoms with E-state index in [9.17, 15) is 8.42 Å². The van der Waals surface area contributed by atoms with Crippen molar-refractivity contribution >= 4 is 33.3 Å². The van der Waals surface area contributed by atoms with Gasteiger partial charge in [0.2, 0.25) is 0 Å². The van der Waals surface area contributed by atoms with Crippen molar-refractivity contribution < 1.29 is 12.6 Å². The Balaban J connectivity index is 2.39. The van der Waals surface area contributed by atoms with Crippen LogP contribution in [0.5, 0.6) is 5.75 Å². The molecule has 0 heterocycles. The molecule has 0 fully saturated rings. The molecule has 0 aliphatic rings. The summed E-state index contributed by atoms with van der Waals surface area (Å²) in [7, 11) is -3.98. The van der Waals surface area contributed by atoms with Gasteiger partial charge in [0.1, 0.15) is 10.6 Å². The predicted octanol–water partition coefficient (Wildman–Crippen LogP) is 5.50. The number of benzene rings is 2. The van der Waals surface area contributed by atoms with E-state index in [0.717, 1.165) is 11.1 Å². The minimum Gasteiger partial charge on any atom is -0.379 e. The Bertz CT molecular complexity index is 843. The van der Waals surface area contributed by atoms with Gasteiger partial charge in [-0.05, 0) is 60.7 Å². The van der Waals surface area contributed by atoms with Crippen molar-refractivity contribution in [3.05, 3.63) is 57.1 Å². The molecule has 2 rings (SSSR count). The van der Waals surface area contributed by atoms with Gasteiger partial charge in [0, 0.05) is 0 Å². The Kier molecular flexibility index (Phi) is 5.29. The SMILES string of the molecule is Cc1cc(OS(=O)(=O)c2cc(Cl)c(Cl)cc2C)ccc1C(C)C. The summed E-state index contributed by atoms with van der Waals surface area (Å²) in [6.45, 7) is 7.74. The first-order valence-electron chi connectivity index (χ1n) is 7.12.